The van der Waals surface area contributed by atoms with Gasteiger partial charge in [0.25, 0.3) is 0 Å². The van der Waals surface area contributed by atoms with E-state index in [2.05, 4.69) is 46.0 Å². The standard InChI is InChI=1S/C23H33N3O3/c1-5-28-21-12-11-18(15-22(21)29-6-2)13-14-25-23(24-3)26-16-19-7-9-20(10-8-19)17-27-4/h7-12,15H,5-6,13-14,16-17H2,1-4H3,(H2,24,25,26). The SMILES string of the molecule is CCOc1ccc(CCNC(=NC)NCc2ccc(COC)cc2)cc1OCC. The van der Waals surface area contributed by atoms with Crippen LogP contribution in [0.2, 0.25) is 0 Å². The quantitative estimate of drug-likeness (QED) is 0.447. The van der Waals surface area contributed by atoms with E-state index in [1.165, 1.54) is 16.7 Å². The van der Waals surface area contributed by atoms with Crippen molar-refractivity contribution in [2.45, 2.75) is 33.4 Å². The maximum Gasteiger partial charge on any atom is 0.191 e. The molecule has 0 fully saturated rings. The molecule has 0 aliphatic rings. The number of methoxy groups -OCH3 is 1. The lowest BCUT2D eigenvalue weighted by atomic mass is 10.1. The van der Waals surface area contributed by atoms with Crippen molar-refractivity contribution in [2.75, 3.05) is 33.9 Å². The van der Waals surface area contributed by atoms with Crippen LogP contribution in [0, 0.1) is 0 Å². The first-order valence-corrected chi connectivity index (χ1v) is 10.1. The molecule has 0 aliphatic heterocycles. The van der Waals surface area contributed by atoms with Crippen LogP contribution in [-0.2, 0) is 24.3 Å². The van der Waals surface area contributed by atoms with Gasteiger partial charge in [-0.25, -0.2) is 0 Å². The molecule has 2 aromatic carbocycles. The molecule has 0 saturated heterocycles. The number of hydrogen-bond acceptors (Lipinski definition) is 4. The molecule has 158 valence electrons. The van der Waals surface area contributed by atoms with Crippen molar-refractivity contribution in [2.24, 2.45) is 4.99 Å². The summed E-state index contributed by atoms with van der Waals surface area (Å²) < 4.78 is 16.5. The minimum absolute atomic E-state index is 0.616. The molecule has 2 aromatic rings. The average Bonchev–Trinajstić information content (AvgIpc) is 2.74. The van der Waals surface area contributed by atoms with Gasteiger partial charge < -0.3 is 24.8 Å². The molecule has 0 amide bonds. The Hall–Kier alpha value is -2.73. The third-order valence-corrected chi connectivity index (χ3v) is 4.33. The lowest BCUT2D eigenvalue weighted by Gasteiger charge is -2.14. The largest absolute Gasteiger partial charge is 0.490 e. The smallest absolute Gasteiger partial charge is 0.191 e. The van der Waals surface area contributed by atoms with E-state index in [0.717, 1.165) is 30.4 Å². The predicted octanol–water partition coefficient (Wildman–Crippen LogP) is 3.54. The molecule has 2 N–H and O–H groups in total. The number of guanidine groups is 1. The highest BCUT2D eigenvalue weighted by atomic mass is 16.5. The second-order valence-electron chi connectivity index (χ2n) is 6.50. The highest BCUT2D eigenvalue weighted by Crippen LogP contribution is 2.28. The van der Waals surface area contributed by atoms with Crippen molar-refractivity contribution < 1.29 is 14.2 Å². The summed E-state index contributed by atoms with van der Waals surface area (Å²) in [7, 11) is 3.48. The molecule has 0 atom stereocenters. The van der Waals surface area contributed by atoms with Crippen LogP contribution in [-0.4, -0.2) is 39.9 Å². The molecule has 0 bridgehead atoms. The van der Waals surface area contributed by atoms with Gasteiger partial charge in [0.1, 0.15) is 0 Å². The maximum absolute atomic E-state index is 5.70. The van der Waals surface area contributed by atoms with E-state index in [1.54, 1.807) is 14.2 Å². The molecule has 0 spiro atoms. The van der Waals surface area contributed by atoms with Gasteiger partial charge in [0.15, 0.2) is 17.5 Å². The summed E-state index contributed by atoms with van der Waals surface area (Å²) >= 11 is 0. The van der Waals surface area contributed by atoms with Crippen LogP contribution in [0.4, 0.5) is 0 Å². The molecule has 6 nitrogen and oxygen atoms in total. The third-order valence-electron chi connectivity index (χ3n) is 4.33. The summed E-state index contributed by atoms with van der Waals surface area (Å²) in [6.07, 6.45) is 0.860. The molecular weight excluding hydrogens is 366 g/mol. The number of hydrogen-bond donors (Lipinski definition) is 2. The highest BCUT2D eigenvalue weighted by Gasteiger charge is 2.06. The fraction of sp³-hybridized carbons (Fsp3) is 0.435. The molecule has 0 aliphatic carbocycles. The molecule has 29 heavy (non-hydrogen) atoms. The molecular formula is C23H33N3O3. The lowest BCUT2D eigenvalue weighted by molar-refractivity contribution is 0.185. The monoisotopic (exact) mass is 399 g/mol. The van der Waals surface area contributed by atoms with Gasteiger partial charge >= 0.3 is 0 Å². The predicted molar refractivity (Wildman–Crippen MR) is 118 cm³/mol. The van der Waals surface area contributed by atoms with Crippen LogP contribution in [0.15, 0.2) is 47.5 Å². The Morgan fingerprint density at radius 3 is 2.17 bits per heavy atom. The van der Waals surface area contributed by atoms with Crippen molar-refractivity contribution in [3.8, 4) is 11.5 Å². The summed E-state index contributed by atoms with van der Waals surface area (Å²) in [4.78, 5) is 4.30. The van der Waals surface area contributed by atoms with E-state index in [0.29, 0.717) is 26.4 Å². The number of ether oxygens (including phenoxy) is 3. The fourth-order valence-electron chi connectivity index (χ4n) is 2.90. The van der Waals surface area contributed by atoms with Crippen LogP contribution in [0.5, 0.6) is 11.5 Å². The fourth-order valence-corrected chi connectivity index (χ4v) is 2.90. The number of nitrogens with zero attached hydrogens (tertiary/aromatic N) is 1. The van der Waals surface area contributed by atoms with Gasteiger partial charge in [-0.15, -0.1) is 0 Å². The van der Waals surface area contributed by atoms with Crippen molar-refractivity contribution >= 4 is 5.96 Å². The zero-order valence-electron chi connectivity index (χ0n) is 18.0. The Kier molecular flexibility index (Phi) is 9.86. The minimum Gasteiger partial charge on any atom is -0.490 e. The van der Waals surface area contributed by atoms with Gasteiger partial charge in [-0.05, 0) is 49.1 Å². The summed E-state index contributed by atoms with van der Waals surface area (Å²) in [6, 6.07) is 14.5. The maximum atomic E-state index is 5.70. The van der Waals surface area contributed by atoms with E-state index >= 15 is 0 Å². The Bertz CT molecular complexity index is 760. The molecule has 0 unspecified atom stereocenters. The van der Waals surface area contributed by atoms with Gasteiger partial charge in [-0.1, -0.05) is 30.3 Å². The topological polar surface area (TPSA) is 64.1 Å². The molecule has 0 heterocycles. The second-order valence-corrected chi connectivity index (χ2v) is 6.50. The van der Waals surface area contributed by atoms with E-state index in [9.17, 15) is 0 Å². The number of nitrogens with one attached hydrogen (secondary N) is 2. The highest BCUT2D eigenvalue weighted by molar-refractivity contribution is 5.79. The van der Waals surface area contributed by atoms with Crippen LogP contribution in [0.1, 0.15) is 30.5 Å². The van der Waals surface area contributed by atoms with E-state index in [4.69, 9.17) is 14.2 Å². The van der Waals surface area contributed by atoms with Crippen LogP contribution in [0.3, 0.4) is 0 Å². The van der Waals surface area contributed by atoms with Gasteiger partial charge in [0.05, 0.1) is 19.8 Å². The zero-order valence-corrected chi connectivity index (χ0v) is 18.0. The molecule has 2 rings (SSSR count). The summed E-state index contributed by atoms with van der Waals surface area (Å²) in [5.74, 6) is 2.37. The van der Waals surface area contributed by atoms with Gasteiger partial charge in [-0.2, -0.15) is 0 Å². The first kappa shape index (κ1) is 22.6. The molecule has 0 aromatic heterocycles. The number of rotatable bonds is 11. The van der Waals surface area contributed by atoms with E-state index in [1.807, 2.05) is 26.0 Å². The van der Waals surface area contributed by atoms with E-state index < -0.39 is 0 Å². The van der Waals surface area contributed by atoms with Crippen molar-refractivity contribution in [3.05, 3.63) is 59.2 Å². The van der Waals surface area contributed by atoms with Crippen molar-refractivity contribution in [1.29, 1.82) is 0 Å². The first-order valence-electron chi connectivity index (χ1n) is 10.1. The normalized spacial score (nSPS) is 11.2. The number of aliphatic imine (C=N–C) groups is 1. The Balaban J connectivity index is 1.82. The van der Waals surface area contributed by atoms with Crippen molar-refractivity contribution in [3.63, 3.8) is 0 Å². The lowest BCUT2D eigenvalue weighted by Crippen LogP contribution is -2.37. The van der Waals surface area contributed by atoms with Gasteiger partial charge in [0.2, 0.25) is 0 Å². The van der Waals surface area contributed by atoms with Crippen LogP contribution >= 0.6 is 0 Å². The van der Waals surface area contributed by atoms with Gasteiger partial charge in [0, 0.05) is 27.2 Å². The van der Waals surface area contributed by atoms with Crippen LogP contribution in [0.25, 0.3) is 0 Å². The Labute approximate surface area is 174 Å². The first-order chi connectivity index (χ1) is 14.2. The van der Waals surface area contributed by atoms with Crippen LogP contribution < -0.4 is 20.1 Å². The summed E-state index contributed by atoms with van der Waals surface area (Å²) in [5.41, 5.74) is 3.55. The summed E-state index contributed by atoms with van der Waals surface area (Å²) in [6.45, 7) is 7.30. The minimum atomic E-state index is 0.616. The van der Waals surface area contributed by atoms with Crippen molar-refractivity contribution in [1.82, 2.24) is 10.6 Å². The second kappa shape index (κ2) is 12.7. The summed E-state index contributed by atoms with van der Waals surface area (Å²) in [5, 5.41) is 6.70. The third kappa shape index (κ3) is 7.66. The zero-order chi connectivity index (χ0) is 20.9. The molecule has 0 saturated carbocycles. The molecule has 0 radical (unpaired) electrons. The average molecular weight is 400 g/mol. The Morgan fingerprint density at radius 1 is 0.862 bits per heavy atom. The molecule has 6 heteroatoms. The van der Waals surface area contributed by atoms with Gasteiger partial charge in [-0.3, -0.25) is 4.99 Å². The van der Waals surface area contributed by atoms with E-state index in [-0.39, 0.29) is 0 Å². The Morgan fingerprint density at radius 2 is 1.52 bits per heavy atom. The number of benzene rings is 2.